The molecule has 1 heterocycles. The van der Waals surface area contributed by atoms with Crippen molar-refractivity contribution < 1.29 is 13.3 Å². The van der Waals surface area contributed by atoms with E-state index in [1.807, 2.05) is 31.2 Å². The molecule has 1 aromatic heterocycles. The van der Waals surface area contributed by atoms with Gasteiger partial charge in [0.1, 0.15) is 5.69 Å². The average molecular weight is 391 g/mol. The van der Waals surface area contributed by atoms with Crippen LogP contribution in [0, 0.1) is 10.1 Å². The molecule has 0 saturated carbocycles. The van der Waals surface area contributed by atoms with Crippen molar-refractivity contribution in [3.63, 3.8) is 0 Å². The highest BCUT2D eigenvalue weighted by atomic mass is 32.2. The topological polar surface area (TPSA) is 102 Å². The van der Waals surface area contributed by atoms with E-state index < -0.39 is 14.8 Å². The van der Waals surface area contributed by atoms with E-state index in [2.05, 4.69) is 10.3 Å². The number of hydrogen-bond donors (Lipinski definition) is 1. The van der Waals surface area contributed by atoms with Crippen LogP contribution in [0.4, 0.5) is 11.4 Å². The van der Waals surface area contributed by atoms with Gasteiger partial charge in [0.15, 0.2) is 9.84 Å². The molecule has 3 rings (SSSR count). The summed E-state index contributed by atoms with van der Waals surface area (Å²) in [5.41, 5.74) is 0.961. The predicted molar refractivity (Wildman–Crippen MR) is 103 cm³/mol. The molecular formula is C17H17N3O4S2. The fourth-order valence-corrected chi connectivity index (χ4v) is 4.15. The molecule has 26 heavy (non-hydrogen) atoms. The third kappa shape index (κ3) is 3.83. The second-order valence-corrected chi connectivity index (χ2v) is 9.09. The van der Waals surface area contributed by atoms with Crippen LogP contribution < -0.4 is 5.32 Å². The Hall–Kier alpha value is -2.52. The van der Waals surface area contributed by atoms with Crippen LogP contribution in [0.15, 0.2) is 47.4 Å². The van der Waals surface area contributed by atoms with Gasteiger partial charge in [-0.1, -0.05) is 19.1 Å². The largest absolute Gasteiger partial charge is 0.379 e. The third-order valence-corrected chi connectivity index (χ3v) is 6.30. The first kappa shape index (κ1) is 18.3. The number of aromatic nitrogens is 1. The number of fused-ring (bicyclic) bond motifs is 1. The van der Waals surface area contributed by atoms with Gasteiger partial charge in [-0.05, 0) is 24.3 Å². The molecule has 136 valence electrons. The van der Waals surface area contributed by atoms with Crippen molar-refractivity contribution in [2.24, 2.45) is 0 Å². The van der Waals surface area contributed by atoms with Crippen molar-refractivity contribution in [1.29, 1.82) is 0 Å². The average Bonchev–Trinajstić information content (AvgIpc) is 3.02. The van der Waals surface area contributed by atoms with E-state index in [1.54, 1.807) is 11.3 Å². The third-order valence-electron chi connectivity index (χ3n) is 3.92. The summed E-state index contributed by atoms with van der Waals surface area (Å²) in [6, 6.07) is 11.7. The number of rotatable bonds is 6. The summed E-state index contributed by atoms with van der Waals surface area (Å²) in [7, 11) is -3.51. The zero-order valence-electron chi connectivity index (χ0n) is 14.2. The number of sulfone groups is 1. The van der Waals surface area contributed by atoms with Crippen molar-refractivity contribution in [2.45, 2.75) is 17.7 Å². The van der Waals surface area contributed by atoms with Gasteiger partial charge >= 0.3 is 0 Å². The van der Waals surface area contributed by atoms with Gasteiger partial charge in [0.05, 0.1) is 25.0 Å². The summed E-state index contributed by atoms with van der Waals surface area (Å²) in [5, 5.41) is 15.3. The first-order valence-electron chi connectivity index (χ1n) is 7.83. The van der Waals surface area contributed by atoms with Gasteiger partial charge in [0, 0.05) is 24.8 Å². The van der Waals surface area contributed by atoms with Crippen molar-refractivity contribution in [1.82, 2.24) is 4.98 Å². The van der Waals surface area contributed by atoms with Gasteiger partial charge in [-0.3, -0.25) is 10.1 Å². The molecule has 0 aliphatic rings. The minimum absolute atomic E-state index is 0.0431. The molecule has 0 saturated heterocycles. The Morgan fingerprint density at radius 1 is 1.27 bits per heavy atom. The lowest BCUT2D eigenvalue weighted by Gasteiger charge is -2.12. The Kier molecular flexibility index (Phi) is 4.92. The molecule has 0 unspecified atom stereocenters. The van der Waals surface area contributed by atoms with Gasteiger partial charge in [0.25, 0.3) is 5.69 Å². The molecule has 0 aliphatic heterocycles. The zero-order chi connectivity index (χ0) is 18.9. The number of hydrogen-bond acceptors (Lipinski definition) is 7. The summed E-state index contributed by atoms with van der Waals surface area (Å²) in [6.07, 6.45) is 1.02. The number of thiazole rings is 1. The SMILES string of the molecule is C[C@@H](CNc1ccc(S(C)(=O)=O)cc1[N+](=O)[O-])c1nc2ccccc2s1. The molecule has 1 atom stereocenters. The Morgan fingerprint density at radius 3 is 2.65 bits per heavy atom. The first-order chi connectivity index (χ1) is 12.3. The lowest BCUT2D eigenvalue weighted by molar-refractivity contribution is -0.384. The maximum absolute atomic E-state index is 11.6. The Bertz CT molecular complexity index is 1040. The van der Waals surface area contributed by atoms with E-state index in [-0.39, 0.29) is 22.2 Å². The summed E-state index contributed by atoms with van der Waals surface area (Å²) in [6.45, 7) is 2.43. The zero-order valence-corrected chi connectivity index (χ0v) is 15.8. The smallest absolute Gasteiger partial charge is 0.293 e. The number of nitrogens with one attached hydrogen (secondary N) is 1. The lowest BCUT2D eigenvalue weighted by Crippen LogP contribution is -2.11. The summed E-state index contributed by atoms with van der Waals surface area (Å²) < 4.78 is 24.3. The highest BCUT2D eigenvalue weighted by molar-refractivity contribution is 7.90. The first-order valence-corrected chi connectivity index (χ1v) is 10.5. The van der Waals surface area contributed by atoms with Crippen LogP contribution in [-0.2, 0) is 9.84 Å². The van der Waals surface area contributed by atoms with Crippen LogP contribution in [0.2, 0.25) is 0 Å². The minimum atomic E-state index is -3.51. The maximum atomic E-state index is 11.6. The quantitative estimate of drug-likeness (QED) is 0.506. The van der Waals surface area contributed by atoms with Gasteiger partial charge in [0.2, 0.25) is 0 Å². The number of anilines is 1. The van der Waals surface area contributed by atoms with E-state index >= 15 is 0 Å². The number of nitro groups is 1. The molecule has 1 N–H and O–H groups in total. The van der Waals surface area contributed by atoms with Crippen LogP contribution in [0.1, 0.15) is 17.8 Å². The van der Waals surface area contributed by atoms with Crippen molar-refractivity contribution in [3.05, 3.63) is 57.6 Å². The molecule has 0 spiro atoms. The monoisotopic (exact) mass is 391 g/mol. The summed E-state index contributed by atoms with van der Waals surface area (Å²) in [5.74, 6) is 0.0431. The Morgan fingerprint density at radius 2 is 2.00 bits per heavy atom. The molecule has 0 bridgehead atoms. The molecule has 0 aliphatic carbocycles. The molecule has 7 nitrogen and oxygen atoms in total. The molecule has 2 aromatic carbocycles. The van der Waals surface area contributed by atoms with Crippen molar-refractivity contribution in [3.8, 4) is 0 Å². The predicted octanol–water partition coefficient (Wildman–Crippen LogP) is 3.82. The van der Waals surface area contributed by atoms with Gasteiger partial charge in [-0.15, -0.1) is 11.3 Å². The fourth-order valence-electron chi connectivity index (χ4n) is 2.49. The van der Waals surface area contributed by atoms with E-state index in [0.717, 1.165) is 27.5 Å². The van der Waals surface area contributed by atoms with Gasteiger partial charge in [-0.25, -0.2) is 13.4 Å². The van der Waals surface area contributed by atoms with Crippen molar-refractivity contribution >= 4 is 42.8 Å². The Labute approximate surface area is 154 Å². The van der Waals surface area contributed by atoms with E-state index in [9.17, 15) is 18.5 Å². The van der Waals surface area contributed by atoms with E-state index in [4.69, 9.17) is 0 Å². The van der Waals surface area contributed by atoms with Crippen LogP contribution in [0.5, 0.6) is 0 Å². The lowest BCUT2D eigenvalue weighted by atomic mass is 10.2. The summed E-state index contributed by atoms with van der Waals surface area (Å²) >= 11 is 1.59. The van der Waals surface area contributed by atoms with Crippen LogP contribution in [-0.4, -0.2) is 31.1 Å². The molecular weight excluding hydrogens is 374 g/mol. The second-order valence-electron chi connectivity index (χ2n) is 6.01. The fraction of sp³-hybridized carbons (Fsp3) is 0.235. The van der Waals surface area contributed by atoms with Crippen LogP contribution in [0.25, 0.3) is 10.2 Å². The number of nitrogens with zero attached hydrogens (tertiary/aromatic N) is 2. The van der Waals surface area contributed by atoms with Gasteiger partial charge in [-0.2, -0.15) is 0 Å². The van der Waals surface area contributed by atoms with Crippen LogP contribution in [0.3, 0.4) is 0 Å². The number of nitro benzene ring substituents is 1. The molecule has 3 aromatic rings. The number of benzene rings is 2. The summed E-state index contributed by atoms with van der Waals surface area (Å²) in [4.78, 5) is 15.2. The highest BCUT2D eigenvalue weighted by Crippen LogP contribution is 2.30. The standard InChI is InChI=1S/C17H17N3O4S2/c1-11(17-19-14-5-3-4-6-16(14)25-17)10-18-13-8-7-12(26(2,23)24)9-15(13)20(21)22/h3-9,11,18H,10H2,1-2H3/t11-/m0/s1. The number of para-hydroxylation sites is 1. The molecule has 0 radical (unpaired) electrons. The second kappa shape index (κ2) is 7.00. The minimum Gasteiger partial charge on any atom is -0.379 e. The molecule has 0 amide bonds. The van der Waals surface area contributed by atoms with Crippen LogP contribution >= 0.6 is 11.3 Å². The van der Waals surface area contributed by atoms with Crippen molar-refractivity contribution in [2.75, 3.05) is 18.1 Å². The van der Waals surface area contributed by atoms with E-state index in [1.165, 1.54) is 12.1 Å². The highest BCUT2D eigenvalue weighted by Gasteiger charge is 2.20. The molecule has 0 fully saturated rings. The normalized spacial score (nSPS) is 12.8. The Balaban J connectivity index is 1.81. The van der Waals surface area contributed by atoms with Gasteiger partial charge < -0.3 is 5.32 Å². The van der Waals surface area contributed by atoms with E-state index in [0.29, 0.717) is 6.54 Å². The maximum Gasteiger partial charge on any atom is 0.293 e. The molecule has 9 heteroatoms.